The largest absolute Gasteiger partial charge is 0.444 e. The molecule has 16 heavy (non-hydrogen) atoms. The second-order valence-corrected chi connectivity index (χ2v) is 5.54. The maximum atomic E-state index is 11.9. The first-order valence-corrected chi connectivity index (χ1v) is 6.00. The number of piperidine rings is 1. The van der Waals surface area contributed by atoms with Gasteiger partial charge in [-0.2, -0.15) is 0 Å². The Hall–Kier alpha value is -0.770. The molecule has 0 saturated carbocycles. The SMILES string of the molecule is CC1NCCCC1N(C)C(=O)OC(C)(C)C. The number of rotatable bonds is 1. The summed E-state index contributed by atoms with van der Waals surface area (Å²) in [4.78, 5) is 13.6. The first-order valence-electron chi connectivity index (χ1n) is 6.00. The quantitative estimate of drug-likeness (QED) is 0.746. The van der Waals surface area contributed by atoms with Gasteiger partial charge in [0.25, 0.3) is 0 Å². The molecule has 0 aromatic heterocycles. The van der Waals surface area contributed by atoms with E-state index in [1.807, 2.05) is 27.8 Å². The van der Waals surface area contributed by atoms with Gasteiger partial charge < -0.3 is 15.0 Å². The van der Waals surface area contributed by atoms with Crippen LogP contribution in [0.4, 0.5) is 4.79 Å². The molecular formula is C12H24N2O2. The lowest BCUT2D eigenvalue weighted by Crippen LogP contribution is -2.53. The monoisotopic (exact) mass is 228 g/mol. The van der Waals surface area contributed by atoms with Gasteiger partial charge >= 0.3 is 6.09 Å². The summed E-state index contributed by atoms with van der Waals surface area (Å²) >= 11 is 0. The van der Waals surface area contributed by atoms with E-state index < -0.39 is 5.60 Å². The number of nitrogens with zero attached hydrogens (tertiary/aromatic N) is 1. The van der Waals surface area contributed by atoms with Gasteiger partial charge in [0.2, 0.25) is 0 Å². The van der Waals surface area contributed by atoms with Crippen molar-refractivity contribution in [3.63, 3.8) is 0 Å². The zero-order valence-corrected chi connectivity index (χ0v) is 11.0. The smallest absolute Gasteiger partial charge is 0.410 e. The summed E-state index contributed by atoms with van der Waals surface area (Å²) in [6.07, 6.45) is 1.93. The van der Waals surface area contributed by atoms with E-state index in [0.29, 0.717) is 6.04 Å². The van der Waals surface area contributed by atoms with Crippen LogP contribution in [-0.2, 0) is 4.74 Å². The normalized spacial score (nSPS) is 26.3. The molecule has 94 valence electrons. The second kappa shape index (κ2) is 5.04. The minimum atomic E-state index is -0.420. The summed E-state index contributed by atoms with van der Waals surface area (Å²) in [5.74, 6) is 0. The Kier molecular flexibility index (Phi) is 4.19. The summed E-state index contributed by atoms with van der Waals surface area (Å²) < 4.78 is 5.36. The van der Waals surface area contributed by atoms with E-state index in [0.717, 1.165) is 19.4 Å². The van der Waals surface area contributed by atoms with Crippen molar-refractivity contribution >= 4 is 6.09 Å². The molecular weight excluding hydrogens is 204 g/mol. The van der Waals surface area contributed by atoms with E-state index in [2.05, 4.69) is 12.2 Å². The van der Waals surface area contributed by atoms with Crippen molar-refractivity contribution in [3.05, 3.63) is 0 Å². The highest BCUT2D eigenvalue weighted by Crippen LogP contribution is 2.17. The van der Waals surface area contributed by atoms with Gasteiger partial charge in [0.1, 0.15) is 5.60 Å². The first-order chi connectivity index (χ1) is 7.31. The number of hydrogen-bond donors (Lipinski definition) is 1. The lowest BCUT2D eigenvalue weighted by molar-refractivity contribution is 0.0162. The Balaban J connectivity index is 2.55. The predicted molar refractivity (Wildman–Crippen MR) is 64.5 cm³/mol. The fraction of sp³-hybridized carbons (Fsp3) is 0.917. The number of hydrogen-bond acceptors (Lipinski definition) is 3. The standard InChI is InChI=1S/C12H24N2O2/c1-9-10(7-6-8-13-9)14(5)11(15)16-12(2,3)4/h9-10,13H,6-8H2,1-5H3. The van der Waals surface area contributed by atoms with Crippen molar-refractivity contribution in [3.8, 4) is 0 Å². The number of amides is 1. The minimum absolute atomic E-state index is 0.229. The van der Waals surface area contributed by atoms with Gasteiger partial charge in [-0.3, -0.25) is 0 Å². The average Bonchev–Trinajstić information content (AvgIpc) is 2.15. The van der Waals surface area contributed by atoms with E-state index in [9.17, 15) is 4.79 Å². The van der Waals surface area contributed by atoms with Crippen LogP contribution in [0.3, 0.4) is 0 Å². The van der Waals surface area contributed by atoms with Gasteiger partial charge in [-0.25, -0.2) is 4.79 Å². The fourth-order valence-corrected chi connectivity index (χ4v) is 2.03. The van der Waals surface area contributed by atoms with Crippen LogP contribution in [0.2, 0.25) is 0 Å². The number of ether oxygens (including phenoxy) is 1. The van der Waals surface area contributed by atoms with Crippen LogP contribution in [0, 0.1) is 0 Å². The molecule has 4 nitrogen and oxygen atoms in total. The van der Waals surface area contributed by atoms with Crippen molar-refractivity contribution < 1.29 is 9.53 Å². The number of nitrogens with one attached hydrogen (secondary N) is 1. The van der Waals surface area contributed by atoms with Crippen LogP contribution in [-0.4, -0.2) is 42.3 Å². The van der Waals surface area contributed by atoms with Crippen LogP contribution in [0.5, 0.6) is 0 Å². The van der Waals surface area contributed by atoms with Crippen molar-refractivity contribution in [2.45, 2.75) is 58.2 Å². The van der Waals surface area contributed by atoms with Crippen molar-refractivity contribution in [1.82, 2.24) is 10.2 Å². The van der Waals surface area contributed by atoms with E-state index in [1.54, 1.807) is 4.90 Å². The third-order valence-corrected chi connectivity index (χ3v) is 2.90. The lowest BCUT2D eigenvalue weighted by atomic mass is 9.99. The Morgan fingerprint density at radius 2 is 2.06 bits per heavy atom. The van der Waals surface area contributed by atoms with Crippen LogP contribution in [0.15, 0.2) is 0 Å². The molecule has 0 aromatic rings. The zero-order valence-electron chi connectivity index (χ0n) is 11.0. The van der Waals surface area contributed by atoms with Crippen LogP contribution < -0.4 is 5.32 Å². The van der Waals surface area contributed by atoms with Gasteiger partial charge in [-0.15, -0.1) is 0 Å². The molecule has 1 heterocycles. The van der Waals surface area contributed by atoms with Crippen molar-refractivity contribution in [2.75, 3.05) is 13.6 Å². The summed E-state index contributed by atoms with van der Waals surface area (Å²) in [6.45, 7) is 8.83. The molecule has 1 fully saturated rings. The Bertz CT molecular complexity index is 248. The van der Waals surface area contributed by atoms with Crippen molar-refractivity contribution in [2.24, 2.45) is 0 Å². The highest BCUT2D eigenvalue weighted by molar-refractivity contribution is 5.68. The molecule has 1 aliphatic heterocycles. The second-order valence-electron chi connectivity index (χ2n) is 5.54. The highest BCUT2D eigenvalue weighted by atomic mass is 16.6. The molecule has 0 spiro atoms. The summed E-state index contributed by atoms with van der Waals surface area (Å²) in [7, 11) is 1.82. The first kappa shape index (κ1) is 13.3. The predicted octanol–water partition coefficient (Wildman–Crippen LogP) is 1.99. The molecule has 0 aromatic carbocycles. The molecule has 0 bridgehead atoms. The molecule has 2 unspecified atom stereocenters. The van der Waals surface area contributed by atoms with Gasteiger partial charge in [0.15, 0.2) is 0 Å². The number of likely N-dealkylation sites (N-methyl/N-ethyl adjacent to an activating group) is 1. The average molecular weight is 228 g/mol. The Labute approximate surface area is 98.3 Å². The fourth-order valence-electron chi connectivity index (χ4n) is 2.03. The van der Waals surface area contributed by atoms with Gasteiger partial charge in [0.05, 0.1) is 0 Å². The zero-order chi connectivity index (χ0) is 12.3. The summed E-state index contributed by atoms with van der Waals surface area (Å²) in [5.41, 5.74) is -0.420. The van der Waals surface area contributed by atoms with Crippen LogP contribution >= 0.6 is 0 Å². The molecule has 1 amide bonds. The van der Waals surface area contributed by atoms with Crippen LogP contribution in [0.25, 0.3) is 0 Å². The molecule has 1 saturated heterocycles. The number of carbonyl (C=O) groups excluding carboxylic acids is 1. The third kappa shape index (κ3) is 3.67. The molecule has 1 rings (SSSR count). The molecule has 0 aliphatic carbocycles. The maximum absolute atomic E-state index is 11.9. The Morgan fingerprint density at radius 3 is 2.56 bits per heavy atom. The summed E-state index contributed by atoms with van der Waals surface area (Å²) in [5, 5.41) is 3.38. The summed E-state index contributed by atoms with van der Waals surface area (Å²) in [6, 6.07) is 0.579. The highest BCUT2D eigenvalue weighted by Gasteiger charge is 2.30. The maximum Gasteiger partial charge on any atom is 0.410 e. The molecule has 1 aliphatic rings. The molecule has 1 N–H and O–H groups in total. The number of carbonyl (C=O) groups is 1. The van der Waals surface area contributed by atoms with Crippen molar-refractivity contribution in [1.29, 1.82) is 0 Å². The Morgan fingerprint density at radius 1 is 1.44 bits per heavy atom. The minimum Gasteiger partial charge on any atom is -0.444 e. The van der Waals surface area contributed by atoms with E-state index >= 15 is 0 Å². The van der Waals surface area contributed by atoms with E-state index in [1.165, 1.54) is 0 Å². The third-order valence-electron chi connectivity index (χ3n) is 2.90. The lowest BCUT2D eigenvalue weighted by Gasteiger charge is -2.37. The van der Waals surface area contributed by atoms with Gasteiger partial charge in [-0.1, -0.05) is 0 Å². The molecule has 4 heteroatoms. The van der Waals surface area contributed by atoms with Gasteiger partial charge in [0, 0.05) is 19.1 Å². The van der Waals surface area contributed by atoms with E-state index in [4.69, 9.17) is 4.74 Å². The van der Waals surface area contributed by atoms with Crippen LogP contribution in [0.1, 0.15) is 40.5 Å². The molecule has 0 radical (unpaired) electrons. The topological polar surface area (TPSA) is 41.6 Å². The molecule has 2 atom stereocenters. The van der Waals surface area contributed by atoms with E-state index in [-0.39, 0.29) is 12.1 Å². The van der Waals surface area contributed by atoms with Gasteiger partial charge in [-0.05, 0) is 47.1 Å².